The van der Waals surface area contributed by atoms with Crippen molar-refractivity contribution in [1.82, 2.24) is 0 Å². The molecule has 0 radical (unpaired) electrons. The van der Waals surface area contributed by atoms with E-state index >= 15 is 0 Å². The summed E-state index contributed by atoms with van der Waals surface area (Å²) in [6.07, 6.45) is 7.61. The van der Waals surface area contributed by atoms with Crippen LogP contribution >= 0.6 is 0 Å². The van der Waals surface area contributed by atoms with Crippen molar-refractivity contribution in [3.8, 4) is 0 Å². The molecule has 0 bridgehead atoms. The van der Waals surface area contributed by atoms with E-state index < -0.39 is 0 Å². The fourth-order valence-corrected chi connectivity index (χ4v) is 3.09. The summed E-state index contributed by atoms with van der Waals surface area (Å²) in [7, 11) is 1.51. The molecule has 2 heteroatoms. The topological polar surface area (TPSA) is 26.3 Å². The van der Waals surface area contributed by atoms with Crippen LogP contribution in [0.5, 0.6) is 0 Å². The van der Waals surface area contributed by atoms with Gasteiger partial charge >= 0.3 is 5.97 Å². The lowest BCUT2D eigenvalue weighted by atomic mass is 9.69. The Labute approximate surface area is 85.3 Å². The maximum absolute atomic E-state index is 11.8. The largest absolute Gasteiger partial charge is 0.469 e. The summed E-state index contributed by atoms with van der Waals surface area (Å²) in [5.74, 6) is 0.559. The minimum Gasteiger partial charge on any atom is -0.469 e. The summed E-state index contributed by atoms with van der Waals surface area (Å²) in [5, 5.41) is 0. The first kappa shape index (κ1) is 9.75. The van der Waals surface area contributed by atoms with Crippen LogP contribution in [0, 0.1) is 11.3 Å². The smallest absolute Gasteiger partial charge is 0.312 e. The van der Waals surface area contributed by atoms with Crippen LogP contribution in [0.1, 0.15) is 39.0 Å². The third-order valence-corrected chi connectivity index (χ3v) is 3.93. The number of methoxy groups -OCH3 is 1. The molecule has 78 valence electrons. The van der Waals surface area contributed by atoms with Crippen LogP contribution in [0.15, 0.2) is 11.6 Å². The van der Waals surface area contributed by atoms with Crippen LogP contribution in [-0.4, -0.2) is 13.1 Å². The molecule has 0 aromatic rings. The number of allylic oxidation sites excluding steroid dienone is 2. The first-order valence-electron chi connectivity index (χ1n) is 5.43. The third kappa shape index (κ3) is 1.28. The van der Waals surface area contributed by atoms with Crippen LogP contribution in [0.3, 0.4) is 0 Å². The standard InChI is InChI=1S/C12H18O2/c1-9-5-7-12(11(13)14-2)6-3-4-10(12)8-9/h5,10H,3-4,6-8H2,1-2H3/t10-,12-/m0/s1. The highest BCUT2D eigenvalue weighted by molar-refractivity contribution is 5.78. The second-order valence-electron chi connectivity index (χ2n) is 4.70. The van der Waals surface area contributed by atoms with Crippen molar-refractivity contribution in [3.05, 3.63) is 11.6 Å². The molecule has 1 saturated carbocycles. The number of ether oxygens (including phenoxy) is 1. The minimum absolute atomic E-state index is 0.0174. The summed E-state index contributed by atoms with van der Waals surface area (Å²) in [5.41, 5.74) is 1.28. The van der Waals surface area contributed by atoms with Crippen molar-refractivity contribution in [3.63, 3.8) is 0 Å². The third-order valence-electron chi connectivity index (χ3n) is 3.93. The predicted octanol–water partition coefficient (Wildman–Crippen LogP) is 2.69. The molecule has 0 aliphatic heterocycles. The first-order valence-corrected chi connectivity index (χ1v) is 5.43. The summed E-state index contributed by atoms with van der Waals surface area (Å²) in [6, 6.07) is 0. The monoisotopic (exact) mass is 194 g/mol. The number of carbonyl (C=O) groups excluding carboxylic acids is 1. The van der Waals surface area contributed by atoms with Gasteiger partial charge in [-0.1, -0.05) is 18.1 Å². The molecule has 0 aromatic heterocycles. The van der Waals surface area contributed by atoms with Gasteiger partial charge in [0.1, 0.15) is 0 Å². The Morgan fingerprint density at radius 3 is 3.14 bits per heavy atom. The lowest BCUT2D eigenvalue weighted by Gasteiger charge is -2.35. The van der Waals surface area contributed by atoms with E-state index in [0.717, 1.165) is 19.3 Å². The summed E-state index contributed by atoms with van der Waals surface area (Å²) in [4.78, 5) is 11.8. The molecule has 0 spiro atoms. The molecule has 0 aromatic carbocycles. The van der Waals surface area contributed by atoms with E-state index in [0.29, 0.717) is 5.92 Å². The SMILES string of the molecule is COC(=O)[C@@]12CC=C(C)C[C@@H]1CCC2. The number of rotatable bonds is 1. The maximum Gasteiger partial charge on any atom is 0.312 e. The summed E-state index contributed by atoms with van der Waals surface area (Å²) in [6.45, 7) is 2.17. The van der Waals surface area contributed by atoms with Gasteiger partial charge < -0.3 is 4.74 Å². The van der Waals surface area contributed by atoms with Gasteiger partial charge in [0.15, 0.2) is 0 Å². The van der Waals surface area contributed by atoms with Gasteiger partial charge in [0, 0.05) is 0 Å². The average Bonchev–Trinajstić information content (AvgIpc) is 2.60. The molecule has 1 fully saturated rings. The van der Waals surface area contributed by atoms with Gasteiger partial charge in [-0.15, -0.1) is 0 Å². The normalized spacial score (nSPS) is 36.1. The van der Waals surface area contributed by atoms with Crippen LogP contribution in [0.2, 0.25) is 0 Å². The molecule has 2 aliphatic rings. The van der Waals surface area contributed by atoms with Crippen LogP contribution in [0.25, 0.3) is 0 Å². The fraction of sp³-hybridized carbons (Fsp3) is 0.750. The van der Waals surface area contributed by atoms with E-state index in [-0.39, 0.29) is 11.4 Å². The van der Waals surface area contributed by atoms with Gasteiger partial charge in [-0.3, -0.25) is 4.79 Å². The zero-order valence-corrected chi connectivity index (χ0v) is 9.01. The molecule has 0 saturated heterocycles. The van der Waals surface area contributed by atoms with Crippen LogP contribution in [-0.2, 0) is 9.53 Å². The highest BCUT2D eigenvalue weighted by atomic mass is 16.5. The van der Waals surface area contributed by atoms with Crippen LogP contribution < -0.4 is 0 Å². The van der Waals surface area contributed by atoms with Crippen molar-refractivity contribution in [2.24, 2.45) is 11.3 Å². The summed E-state index contributed by atoms with van der Waals surface area (Å²) >= 11 is 0. The second kappa shape index (κ2) is 3.41. The number of esters is 1. The molecule has 0 amide bonds. The highest BCUT2D eigenvalue weighted by Crippen LogP contribution is 2.52. The molecule has 0 heterocycles. The molecule has 14 heavy (non-hydrogen) atoms. The molecule has 2 rings (SSSR count). The van der Waals surface area contributed by atoms with Gasteiger partial charge in [0.25, 0.3) is 0 Å². The molecule has 0 N–H and O–H groups in total. The quantitative estimate of drug-likeness (QED) is 0.474. The lowest BCUT2D eigenvalue weighted by Crippen LogP contribution is -2.37. The van der Waals surface area contributed by atoms with Crippen molar-refractivity contribution in [2.75, 3.05) is 7.11 Å². The van der Waals surface area contributed by atoms with E-state index in [1.807, 2.05) is 0 Å². The average molecular weight is 194 g/mol. The Hall–Kier alpha value is -0.790. The Bertz CT molecular complexity index is 280. The van der Waals surface area contributed by atoms with Crippen molar-refractivity contribution < 1.29 is 9.53 Å². The Balaban J connectivity index is 2.27. The highest BCUT2D eigenvalue weighted by Gasteiger charge is 2.50. The fourth-order valence-electron chi connectivity index (χ4n) is 3.09. The van der Waals surface area contributed by atoms with Gasteiger partial charge in [-0.2, -0.15) is 0 Å². The van der Waals surface area contributed by atoms with E-state index in [4.69, 9.17) is 4.74 Å². The predicted molar refractivity (Wildman–Crippen MR) is 54.8 cm³/mol. The molecular weight excluding hydrogens is 176 g/mol. The lowest BCUT2D eigenvalue weighted by molar-refractivity contribution is -0.155. The van der Waals surface area contributed by atoms with E-state index in [2.05, 4.69) is 13.0 Å². The minimum atomic E-state index is -0.158. The van der Waals surface area contributed by atoms with E-state index in [9.17, 15) is 4.79 Å². The van der Waals surface area contributed by atoms with Gasteiger partial charge in [0.05, 0.1) is 12.5 Å². The van der Waals surface area contributed by atoms with Gasteiger partial charge in [-0.25, -0.2) is 0 Å². The van der Waals surface area contributed by atoms with Gasteiger partial charge in [-0.05, 0) is 38.5 Å². The number of carbonyl (C=O) groups is 1. The Morgan fingerprint density at radius 1 is 1.64 bits per heavy atom. The number of hydrogen-bond donors (Lipinski definition) is 0. The van der Waals surface area contributed by atoms with Crippen LogP contribution in [0.4, 0.5) is 0 Å². The number of hydrogen-bond acceptors (Lipinski definition) is 2. The van der Waals surface area contributed by atoms with Gasteiger partial charge in [0.2, 0.25) is 0 Å². The number of fused-ring (bicyclic) bond motifs is 1. The zero-order chi connectivity index (χ0) is 10.2. The molecule has 0 unspecified atom stereocenters. The molecule has 2 nitrogen and oxygen atoms in total. The molecule has 2 atom stereocenters. The molecular formula is C12H18O2. The molecule has 2 aliphatic carbocycles. The Kier molecular flexibility index (Phi) is 2.38. The van der Waals surface area contributed by atoms with Crippen molar-refractivity contribution in [1.29, 1.82) is 0 Å². The van der Waals surface area contributed by atoms with Crippen molar-refractivity contribution in [2.45, 2.75) is 39.0 Å². The second-order valence-corrected chi connectivity index (χ2v) is 4.70. The zero-order valence-electron chi connectivity index (χ0n) is 9.01. The maximum atomic E-state index is 11.8. The first-order chi connectivity index (χ1) is 6.69. The Morgan fingerprint density at radius 2 is 2.43 bits per heavy atom. The van der Waals surface area contributed by atoms with E-state index in [1.165, 1.54) is 25.5 Å². The van der Waals surface area contributed by atoms with E-state index in [1.54, 1.807) is 0 Å². The van der Waals surface area contributed by atoms with Crippen molar-refractivity contribution >= 4 is 5.97 Å². The summed E-state index contributed by atoms with van der Waals surface area (Å²) < 4.78 is 4.96.